The molecular weight excluding hydrogens is 266 g/mol. The van der Waals surface area contributed by atoms with Crippen molar-refractivity contribution in [2.45, 2.75) is 38.9 Å². The molecule has 0 heterocycles. The first kappa shape index (κ1) is 16.1. The van der Waals surface area contributed by atoms with E-state index < -0.39 is 28.3 Å². The van der Waals surface area contributed by atoms with Gasteiger partial charge < -0.3 is 0 Å². The molecule has 0 N–H and O–H groups in total. The SMILES string of the molecule is CC[Si](CC)(CC)N(S(C)(=O)=O)S(C)(=O)=O. The van der Waals surface area contributed by atoms with Crippen LogP contribution in [0.1, 0.15) is 20.8 Å². The highest BCUT2D eigenvalue weighted by atomic mass is 32.3. The molecule has 0 aromatic heterocycles. The van der Waals surface area contributed by atoms with Crippen molar-refractivity contribution in [3.8, 4) is 0 Å². The summed E-state index contributed by atoms with van der Waals surface area (Å²) in [6.45, 7) is 5.59. The van der Waals surface area contributed by atoms with Crippen molar-refractivity contribution in [1.82, 2.24) is 3.38 Å². The molecule has 5 nitrogen and oxygen atoms in total. The van der Waals surface area contributed by atoms with Gasteiger partial charge in [0.15, 0.2) is 8.24 Å². The molecule has 98 valence electrons. The van der Waals surface area contributed by atoms with Gasteiger partial charge in [0.05, 0.1) is 12.5 Å². The number of nitrogens with zero attached hydrogens (tertiary/aromatic N) is 1. The summed E-state index contributed by atoms with van der Waals surface area (Å²) in [4.78, 5) is 0. The van der Waals surface area contributed by atoms with E-state index in [0.717, 1.165) is 15.9 Å². The lowest BCUT2D eigenvalue weighted by molar-refractivity contribution is 0.551. The third kappa shape index (κ3) is 3.28. The standard InChI is InChI=1S/C8H21NO4S2Si/c1-6-16(7-2,8-3)9(14(4,10)11)15(5,12)13/h6-8H2,1-5H3. The van der Waals surface area contributed by atoms with Crippen LogP contribution in [0, 0.1) is 0 Å². The van der Waals surface area contributed by atoms with Crippen molar-refractivity contribution < 1.29 is 16.8 Å². The Balaban J connectivity index is 5.89. The summed E-state index contributed by atoms with van der Waals surface area (Å²) in [5, 5.41) is 0. The van der Waals surface area contributed by atoms with Crippen LogP contribution in [0.2, 0.25) is 18.1 Å². The summed E-state index contributed by atoms with van der Waals surface area (Å²) in [6, 6.07) is 1.83. The molecule has 0 aliphatic rings. The topological polar surface area (TPSA) is 71.5 Å². The Morgan fingerprint density at radius 2 is 1.06 bits per heavy atom. The van der Waals surface area contributed by atoms with Crippen LogP contribution in [0.25, 0.3) is 0 Å². The van der Waals surface area contributed by atoms with Gasteiger partial charge in [0, 0.05) is 0 Å². The summed E-state index contributed by atoms with van der Waals surface area (Å²) < 4.78 is 47.5. The number of sulfonamides is 2. The van der Waals surface area contributed by atoms with Gasteiger partial charge >= 0.3 is 0 Å². The van der Waals surface area contributed by atoms with Crippen LogP contribution in [0.4, 0.5) is 0 Å². The van der Waals surface area contributed by atoms with Gasteiger partial charge in [0.2, 0.25) is 20.0 Å². The Hall–Kier alpha value is 0.0769. The molecule has 0 saturated heterocycles. The van der Waals surface area contributed by atoms with E-state index in [1.54, 1.807) is 0 Å². The minimum atomic E-state index is -3.71. The molecular formula is C8H21NO4S2Si. The van der Waals surface area contributed by atoms with E-state index in [9.17, 15) is 16.8 Å². The molecule has 0 fully saturated rings. The number of hydrogen-bond acceptors (Lipinski definition) is 4. The third-order valence-electron chi connectivity index (χ3n) is 2.96. The molecule has 0 bridgehead atoms. The lowest BCUT2D eigenvalue weighted by atomic mass is 10.9. The second-order valence-corrected chi connectivity index (χ2v) is 13.6. The fraction of sp³-hybridized carbons (Fsp3) is 1.00. The molecule has 0 unspecified atom stereocenters. The van der Waals surface area contributed by atoms with E-state index in [2.05, 4.69) is 0 Å². The minimum absolute atomic E-state index is 0.611. The van der Waals surface area contributed by atoms with Crippen molar-refractivity contribution in [2.75, 3.05) is 12.5 Å². The summed E-state index contributed by atoms with van der Waals surface area (Å²) in [5.74, 6) is 0. The summed E-state index contributed by atoms with van der Waals surface area (Å²) in [5.41, 5.74) is 0. The smallest absolute Gasteiger partial charge is 0.212 e. The highest BCUT2D eigenvalue weighted by Gasteiger charge is 2.45. The zero-order chi connectivity index (χ0) is 13.2. The number of hydrogen-bond donors (Lipinski definition) is 0. The van der Waals surface area contributed by atoms with Crippen molar-refractivity contribution in [3.63, 3.8) is 0 Å². The first-order chi connectivity index (χ1) is 7.05. The van der Waals surface area contributed by atoms with Crippen molar-refractivity contribution in [1.29, 1.82) is 0 Å². The molecule has 0 aromatic rings. The lowest BCUT2D eigenvalue weighted by Crippen LogP contribution is -2.56. The van der Waals surface area contributed by atoms with Gasteiger partial charge in [-0.2, -0.15) is 0 Å². The Labute approximate surface area is 100 Å². The van der Waals surface area contributed by atoms with E-state index in [0.29, 0.717) is 18.1 Å². The summed E-state index contributed by atoms with van der Waals surface area (Å²) >= 11 is 0. The lowest BCUT2D eigenvalue weighted by Gasteiger charge is -2.36. The predicted molar refractivity (Wildman–Crippen MR) is 68.7 cm³/mol. The second kappa shape index (κ2) is 5.15. The average Bonchev–Trinajstić information content (AvgIpc) is 2.10. The molecule has 0 aliphatic carbocycles. The Morgan fingerprint density at radius 3 is 1.12 bits per heavy atom. The largest absolute Gasteiger partial charge is 0.217 e. The normalized spacial score (nSPS) is 14.4. The summed E-state index contributed by atoms with van der Waals surface area (Å²) in [7, 11) is -9.88. The Bertz CT molecular complexity index is 385. The predicted octanol–water partition coefficient (Wildman–Crippen LogP) is 1.21. The zero-order valence-corrected chi connectivity index (χ0v) is 13.2. The van der Waals surface area contributed by atoms with Crippen LogP contribution in [0.5, 0.6) is 0 Å². The van der Waals surface area contributed by atoms with Gasteiger partial charge in [-0.15, -0.1) is 3.38 Å². The maximum Gasteiger partial charge on any atom is 0.217 e. The minimum Gasteiger partial charge on any atom is -0.212 e. The first-order valence-corrected chi connectivity index (χ1v) is 11.5. The summed E-state index contributed by atoms with van der Waals surface area (Å²) in [6.07, 6.45) is 1.94. The molecule has 0 radical (unpaired) electrons. The van der Waals surface area contributed by atoms with Crippen LogP contribution >= 0.6 is 0 Å². The molecule has 0 spiro atoms. The Morgan fingerprint density at radius 1 is 0.812 bits per heavy atom. The fourth-order valence-corrected chi connectivity index (χ4v) is 14.3. The molecule has 0 rings (SSSR count). The van der Waals surface area contributed by atoms with Crippen LogP contribution in [-0.2, 0) is 20.0 Å². The van der Waals surface area contributed by atoms with Gasteiger partial charge in [-0.3, -0.25) is 0 Å². The highest BCUT2D eigenvalue weighted by Crippen LogP contribution is 2.29. The van der Waals surface area contributed by atoms with Crippen LogP contribution in [0.15, 0.2) is 0 Å². The quantitative estimate of drug-likeness (QED) is 0.689. The molecule has 16 heavy (non-hydrogen) atoms. The number of rotatable bonds is 6. The zero-order valence-electron chi connectivity index (χ0n) is 10.5. The molecule has 0 amide bonds. The van der Waals surface area contributed by atoms with Gasteiger partial charge in [0.1, 0.15) is 0 Å². The van der Waals surface area contributed by atoms with Crippen molar-refractivity contribution in [3.05, 3.63) is 0 Å². The van der Waals surface area contributed by atoms with Crippen LogP contribution < -0.4 is 0 Å². The van der Waals surface area contributed by atoms with E-state index in [1.807, 2.05) is 20.8 Å². The molecule has 0 aromatic carbocycles. The maximum absolute atomic E-state index is 11.7. The Kier molecular flexibility index (Phi) is 5.18. The second-order valence-electron chi connectivity index (χ2n) is 4.01. The van der Waals surface area contributed by atoms with Gasteiger partial charge in [0.25, 0.3) is 0 Å². The maximum atomic E-state index is 11.7. The van der Waals surface area contributed by atoms with Gasteiger partial charge in [-0.05, 0) is 18.1 Å². The third-order valence-corrected chi connectivity index (χ3v) is 14.8. The van der Waals surface area contributed by atoms with Gasteiger partial charge in [-0.25, -0.2) is 16.8 Å². The van der Waals surface area contributed by atoms with Crippen molar-refractivity contribution >= 4 is 28.3 Å². The van der Waals surface area contributed by atoms with E-state index in [-0.39, 0.29) is 0 Å². The average molecular weight is 287 g/mol. The van der Waals surface area contributed by atoms with Crippen LogP contribution in [0.3, 0.4) is 0 Å². The van der Waals surface area contributed by atoms with Crippen molar-refractivity contribution in [2.24, 2.45) is 0 Å². The van der Waals surface area contributed by atoms with E-state index in [4.69, 9.17) is 0 Å². The molecule has 0 atom stereocenters. The fourth-order valence-electron chi connectivity index (χ4n) is 2.09. The highest BCUT2D eigenvalue weighted by molar-refractivity contribution is 8.05. The van der Waals surface area contributed by atoms with Crippen LogP contribution in [-0.4, -0.2) is 41.0 Å². The molecule has 8 heteroatoms. The van der Waals surface area contributed by atoms with E-state index >= 15 is 0 Å². The molecule has 0 saturated carbocycles. The first-order valence-electron chi connectivity index (χ1n) is 5.25. The molecule has 0 aliphatic heterocycles. The monoisotopic (exact) mass is 287 g/mol. The van der Waals surface area contributed by atoms with Gasteiger partial charge in [-0.1, -0.05) is 20.8 Å². The van der Waals surface area contributed by atoms with E-state index in [1.165, 1.54) is 0 Å².